The molecular weight excluding hydrogens is 288 g/mol. The Morgan fingerprint density at radius 2 is 2.24 bits per heavy atom. The number of fused-ring (bicyclic) bond motifs is 1. The number of likely N-dealkylation sites (N-methyl/N-ethyl adjacent to an activating group) is 1. The molecule has 2 rings (SSSR count). The molecule has 2 aromatic rings. The molecule has 3 N–H and O–H groups in total. The number of hydrogen-bond acceptors (Lipinski definition) is 5. The molecule has 0 aliphatic heterocycles. The SMILES string of the molecule is CCCNC(=O)CN(C)C(=O)c1sc2ncccc2c1N. The normalized spacial score (nSPS) is 10.6. The van der Waals surface area contributed by atoms with E-state index in [0.29, 0.717) is 17.1 Å². The molecule has 7 heteroatoms. The molecule has 0 spiro atoms. The van der Waals surface area contributed by atoms with Gasteiger partial charge in [-0.15, -0.1) is 11.3 Å². The first-order valence-electron chi connectivity index (χ1n) is 6.69. The molecule has 0 aromatic carbocycles. The van der Waals surface area contributed by atoms with Crippen LogP contribution >= 0.6 is 11.3 Å². The Bertz CT molecular complexity index is 668. The number of aromatic nitrogens is 1. The summed E-state index contributed by atoms with van der Waals surface area (Å²) in [6.07, 6.45) is 2.52. The van der Waals surface area contributed by atoms with Crippen LogP contribution in [0.3, 0.4) is 0 Å². The van der Waals surface area contributed by atoms with Crippen molar-refractivity contribution in [3.05, 3.63) is 23.2 Å². The number of nitrogens with zero attached hydrogens (tertiary/aromatic N) is 2. The van der Waals surface area contributed by atoms with Gasteiger partial charge in [-0.1, -0.05) is 6.92 Å². The highest BCUT2D eigenvalue weighted by molar-refractivity contribution is 7.21. The van der Waals surface area contributed by atoms with Crippen LogP contribution in [0.15, 0.2) is 18.3 Å². The quantitative estimate of drug-likeness (QED) is 0.875. The molecule has 0 aliphatic carbocycles. The van der Waals surface area contributed by atoms with Gasteiger partial charge in [0.1, 0.15) is 9.71 Å². The Balaban J connectivity index is 2.14. The van der Waals surface area contributed by atoms with Gasteiger partial charge in [-0.3, -0.25) is 9.59 Å². The van der Waals surface area contributed by atoms with Crippen LogP contribution in [0.2, 0.25) is 0 Å². The van der Waals surface area contributed by atoms with Crippen molar-refractivity contribution in [3.8, 4) is 0 Å². The molecule has 2 aromatic heterocycles. The summed E-state index contributed by atoms with van der Waals surface area (Å²) in [7, 11) is 1.59. The number of pyridine rings is 1. The number of nitrogens with one attached hydrogen (secondary N) is 1. The molecule has 21 heavy (non-hydrogen) atoms. The average molecular weight is 306 g/mol. The number of carbonyl (C=O) groups is 2. The van der Waals surface area contributed by atoms with E-state index in [-0.39, 0.29) is 18.4 Å². The van der Waals surface area contributed by atoms with Gasteiger partial charge >= 0.3 is 0 Å². The van der Waals surface area contributed by atoms with E-state index in [0.717, 1.165) is 16.6 Å². The zero-order chi connectivity index (χ0) is 15.4. The molecule has 0 saturated heterocycles. The van der Waals surface area contributed by atoms with Crippen molar-refractivity contribution in [2.24, 2.45) is 0 Å². The van der Waals surface area contributed by atoms with Crippen molar-refractivity contribution < 1.29 is 9.59 Å². The molecule has 6 nitrogen and oxygen atoms in total. The van der Waals surface area contributed by atoms with Crippen LogP contribution in [-0.2, 0) is 4.79 Å². The van der Waals surface area contributed by atoms with Crippen molar-refractivity contribution in [3.63, 3.8) is 0 Å². The number of thiophene rings is 1. The zero-order valence-electron chi connectivity index (χ0n) is 12.0. The van der Waals surface area contributed by atoms with E-state index in [1.165, 1.54) is 16.2 Å². The van der Waals surface area contributed by atoms with Gasteiger partial charge in [0.25, 0.3) is 5.91 Å². The molecular formula is C14H18N4O2S. The lowest BCUT2D eigenvalue weighted by atomic mass is 10.2. The van der Waals surface area contributed by atoms with Crippen LogP contribution < -0.4 is 11.1 Å². The topological polar surface area (TPSA) is 88.3 Å². The van der Waals surface area contributed by atoms with E-state index in [4.69, 9.17) is 5.73 Å². The Morgan fingerprint density at radius 1 is 1.48 bits per heavy atom. The van der Waals surface area contributed by atoms with Crippen LogP contribution in [0.5, 0.6) is 0 Å². The van der Waals surface area contributed by atoms with Gasteiger partial charge in [0.2, 0.25) is 5.91 Å². The maximum absolute atomic E-state index is 12.4. The van der Waals surface area contributed by atoms with Crippen LogP contribution in [0.1, 0.15) is 23.0 Å². The fraction of sp³-hybridized carbons (Fsp3) is 0.357. The van der Waals surface area contributed by atoms with Gasteiger partial charge in [0.05, 0.1) is 12.2 Å². The van der Waals surface area contributed by atoms with Gasteiger partial charge in [-0.05, 0) is 18.6 Å². The third-order valence-corrected chi connectivity index (χ3v) is 4.12. The van der Waals surface area contributed by atoms with Crippen LogP contribution in [0.4, 0.5) is 5.69 Å². The highest BCUT2D eigenvalue weighted by Gasteiger charge is 2.21. The number of rotatable bonds is 5. The minimum atomic E-state index is -0.262. The summed E-state index contributed by atoms with van der Waals surface area (Å²) in [5.41, 5.74) is 6.44. The first-order chi connectivity index (χ1) is 10.0. The average Bonchev–Trinajstić information content (AvgIpc) is 2.82. The zero-order valence-corrected chi connectivity index (χ0v) is 12.9. The summed E-state index contributed by atoms with van der Waals surface area (Å²) in [5, 5.41) is 3.51. The highest BCUT2D eigenvalue weighted by atomic mass is 32.1. The Hall–Kier alpha value is -2.15. The van der Waals surface area contributed by atoms with E-state index in [1.807, 2.05) is 13.0 Å². The molecule has 0 fully saturated rings. The van der Waals surface area contributed by atoms with Gasteiger partial charge in [0.15, 0.2) is 0 Å². The van der Waals surface area contributed by atoms with Crippen molar-refractivity contribution >= 4 is 39.1 Å². The maximum atomic E-state index is 12.4. The summed E-state index contributed by atoms with van der Waals surface area (Å²) in [5.74, 6) is -0.437. The second-order valence-corrected chi connectivity index (χ2v) is 5.71. The molecule has 2 amide bonds. The summed E-state index contributed by atoms with van der Waals surface area (Å²) < 4.78 is 0. The second kappa shape index (κ2) is 6.53. The van der Waals surface area contributed by atoms with Crippen molar-refractivity contribution in [1.82, 2.24) is 15.2 Å². The smallest absolute Gasteiger partial charge is 0.266 e. The number of nitrogens with two attached hydrogens (primary N) is 1. The van der Waals surface area contributed by atoms with E-state index in [1.54, 1.807) is 19.3 Å². The van der Waals surface area contributed by atoms with E-state index in [2.05, 4.69) is 10.3 Å². The fourth-order valence-corrected chi connectivity index (χ4v) is 2.95. The lowest BCUT2D eigenvalue weighted by Gasteiger charge is -2.16. The molecule has 0 bridgehead atoms. The van der Waals surface area contributed by atoms with Gasteiger partial charge < -0.3 is 16.0 Å². The van der Waals surface area contributed by atoms with E-state index < -0.39 is 0 Å². The minimum Gasteiger partial charge on any atom is -0.397 e. The van der Waals surface area contributed by atoms with Gasteiger partial charge in [-0.25, -0.2) is 4.98 Å². The highest BCUT2D eigenvalue weighted by Crippen LogP contribution is 2.32. The Labute approximate surface area is 127 Å². The molecule has 0 atom stereocenters. The lowest BCUT2D eigenvalue weighted by molar-refractivity contribution is -0.121. The van der Waals surface area contributed by atoms with Gasteiger partial charge in [-0.2, -0.15) is 0 Å². The summed E-state index contributed by atoms with van der Waals surface area (Å²) >= 11 is 1.25. The van der Waals surface area contributed by atoms with Crippen molar-refractivity contribution in [1.29, 1.82) is 0 Å². The predicted octanol–water partition coefficient (Wildman–Crippen LogP) is 1.48. The fourth-order valence-electron chi connectivity index (χ4n) is 1.89. The molecule has 2 heterocycles. The molecule has 0 aliphatic rings. The van der Waals surface area contributed by atoms with Crippen molar-refractivity contribution in [2.75, 3.05) is 25.9 Å². The number of hydrogen-bond donors (Lipinski definition) is 2. The summed E-state index contributed by atoms with van der Waals surface area (Å²) in [6.45, 7) is 2.59. The van der Waals surface area contributed by atoms with Gasteiger partial charge in [0, 0.05) is 25.2 Å². The molecule has 0 unspecified atom stereocenters. The molecule has 112 valence electrons. The summed E-state index contributed by atoms with van der Waals surface area (Å²) in [4.78, 5) is 30.8. The number of amides is 2. The van der Waals surface area contributed by atoms with Crippen molar-refractivity contribution in [2.45, 2.75) is 13.3 Å². The first-order valence-corrected chi connectivity index (χ1v) is 7.51. The predicted molar refractivity (Wildman–Crippen MR) is 84.3 cm³/mol. The van der Waals surface area contributed by atoms with Crippen LogP contribution in [-0.4, -0.2) is 41.8 Å². The first kappa shape index (κ1) is 15.2. The van der Waals surface area contributed by atoms with E-state index in [9.17, 15) is 9.59 Å². The monoisotopic (exact) mass is 306 g/mol. The third-order valence-electron chi connectivity index (χ3n) is 3.00. The third kappa shape index (κ3) is 3.30. The number of nitrogen functional groups attached to an aromatic ring is 1. The lowest BCUT2D eigenvalue weighted by Crippen LogP contribution is -2.38. The Morgan fingerprint density at radius 3 is 2.90 bits per heavy atom. The minimum absolute atomic E-state index is 0.0138. The largest absolute Gasteiger partial charge is 0.397 e. The number of carbonyl (C=O) groups excluding carboxylic acids is 2. The van der Waals surface area contributed by atoms with Crippen LogP contribution in [0.25, 0.3) is 10.2 Å². The maximum Gasteiger partial charge on any atom is 0.266 e. The molecule has 0 radical (unpaired) electrons. The molecule has 0 saturated carbocycles. The van der Waals surface area contributed by atoms with Crippen LogP contribution in [0, 0.1) is 0 Å². The standard InChI is InChI=1S/C14H18N4O2S/c1-3-6-16-10(19)8-18(2)14(20)12-11(15)9-5-4-7-17-13(9)21-12/h4-5,7H,3,6,8,15H2,1-2H3,(H,16,19). The van der Waals surface area contributed by atoms with E-state index >= 15 is 0 Å². The summed E-state index contributed by atoms with van der Waals surface area (Å²) in [6, 6.07) is 3.61. The number of anilines is 1. The second-order valence-electron chi connectivity index (χ2n) is 4.71. The Kier molecular flexibility index (Phi) is 4.74.